The third-order valence-electron chi connectivity index (χ3n) is 4.72. The molecule has 2 aromatic rings. The Kier molecular flexibility index (Phi) is 6.45. The number of methoxy groups -OCH3 is 1. The maximum atomic E-state index is 12.5. The Hall–Kier alpha value is -2.41. The smallest absolute Gasteiger partial charge is 0.244 e. The molecule has 6 heteroatoms. The van der Waals surface area contributed by atoms with Crippen molar-refractivity contribution in [2.45, 2.75) is 31.6 Å². The molecular weight excluding hydrogens is 344 g/mol. The van der Waals surface area contributed by atoms with E-state index in [9.17, 15) is 4.79 Å². The molecule has 144 valence electrons. The van der Waals surface area contributed by atoms with Gasteiger partial charge in [-0.25, -0.2) is 0 Å². The summed E-state index contributed by atoms with van der Waals surface area (Å²) >= 11 is 0. The predicted octanol–water partition coefficient (Wildman–Crippen LogP) is 2.86. The van der Waals surface area contributed by atoms with Gasteiger partial charge in [0.15, 0.2) is 0 Å². The summed E-state index contributed by atoms with van der Waals surface area (Å²) in [5.41, 5.74) is 8.15. The number of benzene rings is 2. The molecule has 0 unspecified atom stereocenters. The number of hydrogen-bond donors (Lipinski definition) is 2. The summed E-state index contributed by atoms with van der Waals surface area (Å²) in [7, 11) is 1.64. The predicted molar refractivity (Wildman–Crippen MR) is 104 cm³/mol. The van der Waals surface area contributed by atoms with E-state index < -0.39 is 5.54 Å². The van der Waals surface area contributed by atoms with Gasteiger partial charge in [-0.3, -0.25) is 4.79 Å². The van der Waals surface area contributed by atoms with Crippen LogP contribution in [0, 0.1) is 0 Å². The fraction of sp³-hybridized carbons (Fsp3) is 0.381. The first-order chi connectivity index (χ1) is 13.1. The van der Waals surface area contributed by atoms with Crippen LogP contribution in [0.25, 0.3) is 0 Å². The number of hydrogen-bond acceptors (Lipinski definition) is 5. The minimum atomic E-state index is -0.862. The number of anilines is 1. The van der Waals surface area contributed by atoms with Crippen molar-refractivity contribution in [3.05, 3.63) is 59.7 Å². The van der Waals surface area contributed by atoms with Gasteiger partial charge in [0.1, 0.15) is 11.3 Å². The zero-order valence-corrected chi connectivity index (χ0v) is 15.6. The van der Waals surface area contributed by atoms with Crippen LogP contribution in [-0.2, 0) is 27.5 Å². The Labute approximate surface area is 159 Å². The third-order valence-corrected chi connectivity index (χ3v) is 4.72. The van der Waals surface area contributed by atoms with Gasteiger partial charge in [0, 0.05) is 18.9 Å². The zero-order chi connectivity index (χ0) is 19.1. The monoisotopic (exact) mass is 370 g/mol. The number of amides is 1. The molecule has 1 saturated heterocycles. The molecular formula is C21H26N2O4. The third kappa shape index (κ3) is 5.29. The lowest BCUT2D eigenvalue weighted by Gasteiger charge is -2.31. The van der Waals surface area contributed by atoms with Crippen molar-refractivity contribution in [3.8, 4) is 5.75 Å². The Morgan fingerprint density at radius 3 is 2.52 bits per heavy atom. The molecule has 27 heavy (non-hydrogen) atoms. The average molecular weight is 370 g/mol. The van der Waals surface area contributed by atoms with Crippen LogP contribution >= 0.6 is 0 Å². The molecule has 0 aromatic heterocycles. The second kappa shape index (κ2) is 8.99. The number of rotatable bonds is 7. The molecule has 1 aliphatic rings. The molecule has 6 nitrogen and oxygen atoms in total. The van der Waals surface area contributed by atoms with Crippen molar-refractivity contribution in [1.29, 1.82) is 0 Å². The van der Waals surface area contributed by atoms with Crippen LogP contribution < -0.4 is 15.8 Å². The van der Waals surface area contributed by atoms with E-state index in [-0.39, 0.29) is 5.91 Å². The van der Waals surface area contributed by atoms with Gasteiger partial charge in [-0.2, -0.15) is 0 Å². The summed E-state index contributed by atoms with van der Waals surface area (Å²) in [5, 5.41) is 2.92. The molecule has 0 bridgehead atoms. The van der Waals surface area contributed by atoms with Crippen LogP contribution in [0.2, 0.25) is 0 Å². The minimum Gasteiger partial charge on any atom is -0.497 e. The number of carbonyl (C=O) groups is 1. The largest absolute Gasteiger partial charge is 0.497 e. The van der Waals surface area contributed by atoms with Crippen molar-refractivity contribution in [1.82, 2.24) is 0 Å². The fourth-order valence-electron chi connectivity index (χ4n) is 2.97. The lowest BCUT2D eigenvalue weighted by molar-refractivity contribution is -0.124. The zero-order valence-electron chi connectivity index (χ0n) is 15.6. The van der Waals surface area contributed by atoms with Crippen molar-refractivity contribution in [2.24, 2.45) is 5.73 Å². The first-order valence-electron chi connectivity index (χ1n) is 9.07. The molecule has 1 fully saturated rings. The number of nitrogens with one attached hydrogen (secondary N) is 1. The molecule has 0 aliphatic carbocycles. The van der Waals surface area contributed by atoms with Crippen LogP contribution in [0.15, 0.2) is 48.5 Å². The highest BCUT2D eigenvalue weighted by Crippen LogP contribution is 2.21. The van der Waals surface area contributed by atoms with E-state index in [4.69, 9.17) is 19.9 Å². The highest BCUT2D eigenvalue weighted by molar-refractivity contribution is 5.98. The van der Waals surface area contributed by atoms with Crippen LogP contribution in [-0.4, -0.2) is 31.8 Å². The molecule has 1 amide bonds. The van der Waals surface area contributed by atoms with Gasteiger partial charge in [0.25, 0.3) is 0 Å². The first kappa shape index (κ1) is 19.4. The van der Waals surface area contributed by atoms with Crippen LogP contribution in [0.5, 0.6) is 5.75 Å². The van der Waals surface area contributed by atoms with Gasteiger partial charge < -0.3 is 25.3 Å². The second-order valence-corrected chi connectivity index (χ2v) is 6.76. The SMILES string of the molecule is COc1ccc(COCc2cccc(NC(=O)C3(N)CCOCC3)c2)cc1. The summed E-state index contributed by atoms with van der Waals surface area (Å²) in [6.07, 6.45) is 1.06. The highest BCUT2D eigenvalue weighted by atomic mass is 16.5. The molecule has 3 N–H and O–H groups in total. The standard InChI is InChI=1S/C21H26N2O4/c1-25-19-7-5-16(6-8-19)14-27-15-17-3-2-4-18(13-17)23-20(24)21(22)9-11-26-12-10-21/h2-8,13H,9-12,14-15,22H2,1H3,(H,23,24). The summed E-state index contributed by atoms with van der Waals surface area (Å²) in [6, 6.07) is 15.4. The van der Waals surface area contributed by atoms with Gasteiger partial charge >= 0.3 is 0 Å². The Morgan fingerprint density at radius 1 is 1.11 bits per heavy atom. The van der Waals surface area contributed by atoms with Crippen LogP contribution in [0.1, 0.15) is 24.0 Å². The van der Waals surface area contributed by atoms with Gasteiger partial charge in [-0.05, 0) is 48.2 Å². The topological polar surface area (TPSA) is 82.8 Å². The van der Waals surface area contributed by atoms with E-state index in [1.807, 2.05) is 48.5 Å². The molecule has 0 atom stereocenters. The van der Waals surface area contributed by atoms with E-state index in [2.05, 4.69) is 5.32 Å². The summed E-state index contributed by atoms with van der Waals surface area (Å²) < 4.78 is 16.2. The maximum Gasteiger partial charge on any atom is 0.244 e. The van der Waals surface area contributed by atoms with E-state index in [0.717, 1.165) is 22.6 Å². The van der Waals surface area contributed by atoms with Gasteiger partial charge in [0.2, 0.25) is 5.91 Å². The normalized spacial score (nSPS) is 15.9. The average Bonchev–Trinajstić information content (AvgIpc) is 2.69. The van der Waals surface area contributed by atoms with Crippen molar-refractivity contribution >= 4 is 11.6 Å². The fourth-order valence-corrected chi connectivity index (χ4v) is 2.97. The quantitative estimate of drug-likeness (QED) is 0.783. The Balaban J connectivity index is 1.52. The molecule has 1 heterocycles. The molecule has 3 rings (SSSR count). The van der Waals surface area contributed by atoms with Crippen molar-refractivity contribution in [2.75, 3.05) is 25.6 Å². The van der Waals surface area contributed by atoms with E-state index >= 15 is 0 Å². The second-order valence-electron chi connectivity index (χ2n) is 6.76. The minimum absolute atomic E-state index is 0.165. The molecule has 0 saturated carbocycles. The van der Waals surface area contributed by atoms with Gasteiger partial charge in [-0.1, -0.05) is 24.3 Å². The van der Waals surface area contributed by atoms with Crippen LogP contribution in [0.4, 0.5) is 5.69 Å². The van der Waals surface area contributed by atoms with Crippen molar-refractivity contribution in [3.63, 3.8) is 0 Å². The van der Waals surface area contributed by atoms with E-state index in [0.29, 0.717) is 39.3 Å². The van der Waals surface area contributed by atoms with Gasteiger partial charge in [0.05, 0.1) is 20.3 Å². The molecule has 0 radical (unpaired) electrons. The summed E-state index contributed by atoms with van der Waals surface area (Å²) in [5.74, 6) is 0.659. The number of ether oxygens (including phenoxy) is 3. The highest BCUT2D eigenvalue weighted by Gasteiger charge is 2.35. The van der Waals surface area contributed by atoms with E-state index in [1.165, 1.54) is 0 Å². The number of carbonyl (C=O) groups excluding carboxylic acids is 1. The molecule has 2 aromatic carbocycles. The van der Waals surface area contributed by atoms with Gasteiger partial charge in [-0.15, -0.1) is 0 Å². The molecule has 0 spiro atoms. The summed E-state index contributed by atoms with van der Waals surface area (Å²) in [4.78, 5) is 12.5. The Morgan fingerprint density at radius 2 is 1.81 bits per heavy atom. The first-order valence-corrected chi connectivity index (χ1v) is 9.07. The molecule has 1 aliphatic heterocycles. The maximum absolute atomic E-state index is 12.5. The number of nitrogens with two attached hydrogens (primary N) is 1. The van der Waals surface area contributed by atoms with E-state index in [1.54, 1.807) is 7.11 Å². The Bertz CT molecular complexity index is 755. The lowest BCUT2D eigenvalue weighted by Crippen LogP contribution is -2.54. The lowest BCUT2D eigenvalue weighted by atomic mass is 9.90. The van der Waals surface area contributed by atoms with Crippen molar-refractivity contribution < 1.29 is 19.0 Å². The van der Waals surface area contributed by atoms with Crippen LogP contribution in [0.3, 0.4) is 0 Å². The summed E-state index contributed by atoms with van der Waals surface area (Å²) in [6.45, 7) is 2.00.